The lowest BCUT2D eigenvalue weighted by molar-refractivity contribution is 0.0855. The third-order valence-electron chi connectivity index (χ3n) is 3.16. The SMILES string of the molecule is COc1cccc(C(=O)NCC2CCCO2)c1OC. The molecule has 1 unspecified atom stereocenters. The molecule has 1 saturated heterocycles. The Hall–Kier alpha value is -1.75. The van der Waals surface area contributed by atoms with Crippen LogP contribution in [0.25, 0.3) is 0 Å². The molecule has 1 atom stereocenters. The Morgan fingerprint density at radius 2 is 2.26 bits per heavy atom. The van der Waals surface area contributed by atoms with Crippen LogP contribution in [-0.4, -0.2) is 39.4 Å². The molecule has 104 valence electrons. The highest BCUT2D eigenvalue weighted by Crippen LogP contribution is 2.30. The van der Waals surface area contributed by atoms with Gasteiger partial charge in [0.25, 0.3) is 5.91 Å². The van der Waals surface area contributed by atoms with Gasteiger partial charge >= 0.3 is 0 Å². The molecular weight excluding hydrogens is 246 g/mol. The fraction of sp³-hybridized carbons (Fsp3) is 0.500. The minimum absolute atomic E-state index is 0.126. The molecule has 1 fully saturated rings. The number of carbonyl (C=O) groups excluding carboxylic acids is 1. The Kier molecular flexibility index (Phi) is 4.63. The fourth-order valence-electron chi connectivity index (χ4n) is 2.17. The van der Waals surface area contributed by atoms with Crippen molar-refractivity contribution in [1.29, 1.82) is 0 Å². The minimum Gasteiger partial charge on any atom is -0.493 e. The van der Waals surface area contributed by atoms with E-state index in [1.807, 2.05) is 0 Å². The first kappa shape index (κ1) is 13.7. The largest absolute Gasteiger partial charge is 0.493 e. The average Bonchev–Trinajstić information content (AvgIpc) is 2.97. The maximum absolute atomic E-state index is 12.1. The predicted molar refractivity (Wildman–Crippen MR) is 70.9 cm³/mol. The Morgan fingerprint density at radius 1 is 1.42 bits per heavy atom. The summed E-state index contributed by atoms with van der Waals surface area (Å²) >= 11 is 0. The molecule has 0 saturated carbocycles. The van der Waals surface area contributed by atoms with Gasteiger partial charge in [-0.25, -0.2) is 0 Å². The van der Waals surface area contributed by atoms with Crippen molar-refractivity contribution >= 4 is 5.91 Å². The van der Waals surface area contributed by atoms with Gasteiger partial charge in [-0.3, -0.25) is 4.79 Å². The number of methoxy groups -OCH3 is 2. The molecule has 1 aliphatic rings. The molecule has 1 aliphatic heterocycles. The second kappa shape index (κ2) is 6.43. The predicted octanol–water partition coefficient (Wildman–Crippen LogP) is 1.61. The summed E-state index contributed by atoms with van der Waals surface area (Å²) in [6, 6.07) is 5.24. The number of amides is 1. The summed E-state index contributed by atoms with van der Waals surface area (Å²) in [7, 11) is 3.07. The standard InChI is InChI=1S/C14H19NO4/c1-17-12-7-3-6-11(13(12)18-2)14(16)15-9-10-5-4-8-19-10/h3,6-7,10H,4-5,8-9H2,1-2H3,(H,15,16). The van der Waals surface area contributed by atoms with Gasteiger partial charge in [-0.1, -0.05) is 6.07 Å². The molecule has 0 bridgehead atoms. The molecule has 1 aromatic carbocycles. The van der Waals surface area contributed by atoms with E-state index in [0.717, 1.165) is 19.4 Å². The monoisotopic (exact) mass is 265 g/mol. The highest BCUT2D eigenvalue weighted by atomic mass is 16.5. The summed E-state index contributed by atoms with van der Waals surface area (Å²) in [6.07, 6.45) is 2.18. The summed E-state index contributed by atoms with van der Waals surface area (Å²) in [5, 5.41) is 2.87. The molecule has 5 nitrogen and oxygen atoms in total. The Bertz CT molecular complexity index is 441. The van der Waals surface area contributed by atoms with E-state index in [9.17, 15) is 4.79 Å². The van der Waals surface area contributed by atoms with Gasteiger partial charge in [-0.05, 0) is 25.0 Å². The van der Waals surface area contributed by atoms with Crippen molar-refractivity contribution in [1.82, 2.24) is 5.32 Å². The van der Waals surface area contributed by atoms with Crippen LogP contribution in [0.15, 0.2) is 18.2 Å². The van der Waals surface area contributed by atoms with Crippen molar-refractivity contribution in [2.75, 3.05) is 27.4 Å². The molecule has 2 rings (SSSR count). The van der Waals surface area contributed by atoms with Crippen LogP contribution in [0, 0.1) is 0 Å². The van der Waals surface area contributed by atoms with Gasteiger partial charge in [-0.2, -0.15) is 0 Å². The van der Waals surface area contributed by atoms with Gasteiger partial charge in [0, 0.05) is 13.2 Å². The third-order valence-corrected chi connectivity index (χ3v) is 3.16. The quantitative estimate of drug-likeness (QED) is 0.878. The first-order valence-electron chi connectivity index (χ1n) is 6.37. The molecule has 5 heteroatoms. The zero-order valence-electron chi connectivity index (χ0n) is 11.3. The Morgan fingerprint density at radius 3 is 2.89 bits per heavy atom. The van der Waals surface area contributed by atoms with Crippen molar-refractivity contribution < 1.29 is 19.0 Å². The maximum atomic E-state index is 12.1. The molecule has 0 aromatic heterocycles. The van der Waals surface area contributed by atoms with E-state index in [2.05, 4.69) is 5.32 Å². The van der Waals surface area contributed by atoms with Crippen LogP contribution in [0.1, 0.15) is 23.2 Å². The van der Waals surface area contributed by atoms with Crippen molar-refractivity contribution in [3.05, 3.63) is 23.8 Å². The lowest BCUT2D eigenvalue weighted by Gasteiger charge is -2.14. The van der Waals surface area contributed by atoms with E-state index in [0.29, 0.717) is 23.6 Å². The van der Waals surface area contributed by atoms with Gasteiger partial charge < -0.3 is 19.5 Å². The van der Waals surface area contributed by atoms with Crippen molar-refractivity contribution in [2.45, 2.75) is 18.9 Å². The van der Waals surface area contributed by atoms with Crippen LogP contribution in [-0.2, 0) is 4.74 Å². The lowest BCUT2D eigenvalue weighted by atomic mass is 10.1. The van der Waals surface area contributed by atoms with Crippen LogP contribution in [0.4, 0.5) is 0 Å². The van der Waals surface area contributed by atoms with Crippen LogP contribution < -0.4 is 14.8 Å². The highest BCUT2D eigenvalue weighted by Gasteiger charge is 2.19. The normalized spacial score (nSPS) is 18.1. The van der Waals surface area contributed by atoms with Crippen molar-refractivity contribution in [3.8, 4) is 11.5 Å². The van der Waals surface area contributed by atoms with Crippen molar-refractivity contribution in [2.24, 2.45) is 0 Å². The number of benzene rings is 1. The third kappa shape index (κ3) is 3.17. The molecule has 19 heavy (non-hydrogen) atoms. The van der Waals surface area contributed by atoms with Crippen LogP contribution in [0.5, 0.6) is 11.5 Å². The average molecular weight is 265 g/mol. The summed E-state index contributed by atoms with van der Waals surface area (Å²) in [5.74, 6) is 0.827. The number of hydrogen-bond acceptors (Lipinski definition) is 4. The van der Waals surface area contributed by atoms with Crippen molar-refractivity contribution in [3.63, 3.8) is 0 Å². The van der Waals surface area contributed by atoms with E-state index < -0.39 is 0 Å². The molecule has 0 spiro atoms. The van der Waals surface area contributed by atoms with Crippen LogP contribution >= 0.6 is 0 Å². The number of hydrogen-bond donors (Lipinski definition) is 1. The molecule has 1 aromatic rings. The first-order valence-corrected chi connectivity index (χ1v) is 6.37. The number of para-hydroxylation sites is 1. The molecular formula is C14H19NO4. The van der Waals surface area contributed by atoms with Gasteiger partial charge in [0.1, 0.15) is 0 Å². The summed E-state index contributed by atoms with van der Waals surface area (Å²) in [5.41, 5.74) is 0.472. The van der Waals surface area contributed by atoms with Gasteiger partial charge in [0.15, 0.2) is 11.5 Å². The molecule has 1 heterocycles. The number of carbonyl (C=O) groups is 1. The van der Waals surface area contributed by atoms with Gasteiger partial charge in [-0.15, -0.1) is 0 Å². The zero-order valence-corrected chi connectivity index (χ0v) is 11.3. The van der Waals surface area contributed by atoms with Crippen LogP contribution in [0.2, 0.25) is 0 Å². The maximum Gasteiger partial charge on any atom is 0.255 e. The van der Waals surface area contributed by atoms with E-state index in [-0.39, 0.29) is 12.0 Å². The Labute approximate surface area is 112 Å². The molecule has 0 radical (unpaired) electrons. The minimum atomic E-state index is -0.175. The highest BCUT2D eigenvalue weighted by molar-refractivity contribution is 5.97. The summed E-state index contributed by atoms with van der Waals surface area (Å²) in [6.45, 7) is 1.31. The van der Waals surface area contributed by atoms with Gasteiger partial charge in [0.2, 0.25) is 0 Å². The molecule has 1 N–H and O–H groups in total. The number of rotatable bonds is 5. The lowest BCUT2D eigenvalue weighted by Crippen LogP contribution is -2.32. The molecule has 0 aliphatic carbocycles. The van der Waals surface area contributed by atoms with E-state index in [1.165, 1.54) is 7.11 Å². The fourth-order valence-corrected chi connectivity index (χ4v) is 2.17. The smallest absolute Gasteiger partial charge is 0.255 e. The zero-order chi connectivity index (χ0) is 13.7. The van der Waals surface area contributed by atoms with E-state index in [1.54, 1.807) is 25.3 Å². The summed E-state index contributed by atoms with van der Waals surface area (Å²) < 4.78 is 15.9. The van der Waals surface area contributed by atoms with Gasteiger partial charge in [0.05, 0.1) is 25.9 Å². The van der Waals surface area contributed by atoms with E-state index in [4.69, 9.17) is 14.2 Å². The molecule has 1 amide bonds. The Balaban J connectivity index is 2.05. The van der Waals surface area contributed by atoms with E-state index >= 15 is 0 Å². The topological polar surface area (TPSA) is 56.8 Å². The number of ether oxygens (including phenoxy) is 3. The second-order valence-electron chi connectivity index (χ2n) is 4.39. The second-order valence-corrected chi connectivity index (χ2v) is 4.39. The first-order chi connectivity index (χ1) is 9.26. The van der Waals surface area contributed by atoms with Crippen LogP contribution in [0.3, 0.4) is 0 Å². The summed E-state index contributed by atoms with van der Waals surface area (Å²) in [4.78, 5) is 12.1. The number of nitrogens with one attached hydrogen (secondary N) is 1.